The van der Waals surface area contributed by atoms with E-state index in [1.54, 1.807) is 18.2 Å². The van der Waals surface area contributed by atoms with Gasteiger partial charge in [0.25, 0.3) is 10.0 Å². The number of nitrogens with zero attached hydrogens (tertiary/aromatic N) is 2. The Bertz CT molecular complexity index is 1280. The summed E-state index contributed by atoms with van der Waals surface area (Å²) in [6.45, 7) is 2.29. The second-order valence-electron chi connectivity index (χ2n) is 7.55. The van der Waals surface area contributed by atoms with Gasteiger partial charge in [-0.1, -0.05) is 6.07 Å². The lowest BCUT2D eigenvalue weighted by molar-refractivity contribution is 0.0697. The molecule has 1 heterocycles. The third-order valence-electron chi connectivity index (χ3n) is 5.40. The van der Waals surface area contributed by atoms with Gasteiger partial charge < -0.3 is 14.9 Å². The number of rotatable bonds is 6. The van der Waals surface area contributed by atoms with Gasteiger partial charge in [-0.05, 0) is 60.7 Å². The van der Waals surface area contributed by atoms with E-state index in [1.807, 2.05) is 4.90 Å². The summed E-state index contributed by atoms with van der Waals surface area (Å²) in [5.74, 6) is -2.20. The van der Waals surface area contributed by atoms with Crippen molar-refractivity contribution in [2.45, 2.75) is 4.90 Å². The molecule has 0 aromatic heterocycles. The molecular weight excluding hydrogens is 452 g/mol. The molecule has 1 fully saturated rings. The average molecular weight is 474 g/mol. The summed E-state index contributed by atoms with van der Waals surface area (Å²) in [5.41, 5.74) is 1.36. The number of nitrogens with one attached hydrogen (secondary N) is 1. The molecule has 33 heavy (non-hydrogen) atoms. The fraction of sp³-hybridized carbons (Fsp3) is 0.174. The predicted molar refractivity (Wildman–Crippen MR) is 121 cm³/mol. The Labute approximate surface area is 189 Å². The Hall–Kier alpha value is -3.66. The van der Waals surface area contributed by atoms with Gasteiger partial charge in [-0.25, -0.2) is 22.0 Å². The minimum atomic E-state index is -4.09. The van der Waals surface area contributed by atoms with Crippen molar-refractivity contribution in [2.75, 3.05) is 40.7 Å². The van der Waals surface area contributed by atoms with Crippen molar-refractivity contribution in [1.29, 1.82) is 0 Å². The summed E-state index contributed by atoms with van der Waals surface area (Å²) in [6.07, 6.45) is 0. The number of carboxylic acid groups (broad SMARTS) is 1. The van der Waals surface area contributed by atoms with Crippen LogP contribution in [0.5, 0.6) is 0 Å². The van der Waals surface area contributed by atoms with Crippen LogP contribution in [0.3, 0.4) is 0 Å². The average Bonchev–Trinajstić information content (AvgIpc) is 2.79. The first kappa shape index (κ1) is 22.5. The van der Waals surface area contributed by atoms with Crippen LogP contribution < -0.4 is 14.5 Å². The van der Waals surface area contributed by atoms with Gasteiger partial charge in [0.15, 0.2) is 0 Å². The Morgan fingerprint density at radius 3 is 2.15 bits per heavy atom. The standard InChI is InChI=1S/C23H21F2N3O4S/c24-16-4-7-19(8-5-16)27-10-12-28(13-11-27)22-9-6-18(15-21(22)23(29)30)26-33(31,32)20-3-1-2-17(25)14-20/h1-9,14-15,26H,10-13H2,(H,29,30). The number of hydrogen-bond donors (Lipinski definition) is 2. The SMILES string of the molecule is O=C(O)c1cc(NS(=O)(=O)c2cccc(F)c2)ccc1N1CCN(c2ccc(F)cc2)CC1. The summed E-state index contributed by atoms with van der Waals surface area (Å²) >= 11 is 0. The first-order valence-corrected chi connectivity index (χ1v) is 11.6. The minimum absolute atomic E-state index is 0.0512. The van der Waals surface area contributed by atoms with Crippen molar-refractivity contribution in [3.63, 3.8) is 0 Å². The lowest BCUT2D eigenvalue weighted by Crippen LogP contribution is -2.47. The van der Waals surface area contributed by atoms with Crippen molar-refractivity contribution in [1.82, 2.24) is 0 Å². The molecule has 0 radical (unpaired) electrons. The monoisotopic (exact) mass is 473 g/mol. The number of aromatic carboxylic acids is 1. The van der Waals surface area contributed by atoms with Gasteiger partial charge in [0.2, 0.25) is 0 Å². The van der Waals surface area contributed by atoms with Crippen LogP contribution in [0, 0.1) is 11.6 Å². The zero-order valence-corrected chi connectivity index (χ0v) is 18.2. The Morgan fingerprint density at radius 1 is 0.848 bits per heavy atom. The fourth-order valence-corrected chi connectivity index (χ4v) is 4.83. The third kappa shape index (κ3) is 5.06. The van der Waals surface area contributed by atoms with E-state index in [9.17, 15) is 27.1 Å². The van der Waals surface area contributed by atoms with Gasteiger partial charge >= 0.3 is 5.97 Å². The Balaban J connectivity index is 1.52. The third-order valence-corrected chi connectivity index (χ3v) is 6.78. The van der Waals surface area contributed by atoms with E-state index in [1.165, 1.54) is 36.4 Å². The summed E-state index contributed by atoms with van der Waals surface area (Å²) in [5, 5.41) is 9.73. The molecule has 0 spiro atoms. The smallest absolute Gasteiger partial charge is 0.337 e. The second kappa shape index (κ2) is 9.07. The van der Waals surface area contributed by atoms with Crippen molar-refractivity contribution in [2.24, 2.45) is 0 Å². The van der Waals surface area contributed by atoms with Gasteiger partial charge in [-0.3, -0.25) is 4.72 Å². The molecule has 3 aromatic carbocycles. The van der Waals surface area contributed by atoms with Crippen molar-refractivity contribution >= 4 is 33.1 Å². The maximum Gasteiger partial charge on any atom is 0.337 e. The Kier molecular flexibility index (Phi) is 6.19. The van der Waals surface area contributed by atoms with Crippen LogP contribution in [-0.2, 0) is 10.0 Å². The van der Waals surface area contributed by atoms with Crippen LogP contribution in [0.15, 0.2) is 71.6 Å². The first-order chi connectivity index (χ1) is 15.7. The van der Waals surface area contributed by atoms with Gasteiger partial charge in [-0.15, -0.1) is 0 Å². The molecule has 0 unspecified atom stereocenters. The normalized spacial score (nSPS) is 14.2. The maximum absolute atomic E-state index is 13.4. The molecule has 7 nitrogen and oxygen atoms in total. The molecule has 172 valence electrons. The molecule has 1 saturated heterocycles. The number of benzene rings is 3. The molecule has 0 atom stereocenters. The summed E-state index contributed by atoms with van der Waals surface area (Å²) in [4.78, 5) is 15.6. The summed E-state index contributed by atoms with van der Waals surface area (Å²) < 4.78 is 54.0. The number of carboxylic acids is 1. The van der Waals surface area contributed by atoms with Gasteiger partial charge in [0.1, 0.15) is 11.6 Å². The number of carbonyl (C=O) groups is 1. The molecule has 4 rings (SSSR count). The molecule has 1 aliphatic heterocycles. The zero-order chi connectivity index (χ0) is 23.6. The molecule has 0 saturated carbocycles. The Morgan fingerprint density at radius 2 is 1.52 bits per heavy atom. The number of anilines is 3. The van der Waals surface area contributed by atoms with Crippen molar-refractivity contribution in [3.8, 4) is 0 Å². The molecule has 1 aliphatic rings. The topological polar surface area (TPSA) is 89.9 Å². The zero-order valence-electron chi connectivity index (χ0n) is 17.4. The van der Waals surface area contributed by atoms with E-state index in [0.29, 0.717) is 31.9 Å². The predicted octanol–water partition coefficient (Wildman–Crippen LogP) is 3.79. The maximum atomic E-state index is 13.4. The molecular formula is C23H21F2N3O4S. The van der Waals surface area contributed by atoms with E-state index >= 15 is 0 Å². The molecule has 0 aliphatic carbocycles. The summed E-state index contributed by atoms with van der Waals surface area (Å²) in [6, 6.07) is 15.0. The molecule has 3 aromatic rings. The largest absolute Gasteiger partial charge is 0.478 e. The molecule has 2 N–H and O–H groups in total. The number of sulfonamides is 1. The second-order valence-corrected chi connectivity index (χ2v) is 9.23. The first-order valence-electron chi connectivity index (χ1n) is 10.1. The fourth-order valence-electron chi connectivity index (χ4n) is 3.75. The minimum Gasteiger partial charge on any atom is -0.478 e. The van der Waals surface area contributed by atoms with E-state index in [0.717, 1.165) is 17.8 Å². The highest BCUT2D eigenvalue weighted by molar-refractivity contribution is 7.92. The van der Waals surface area contributed by atoms with Crippen LogP contribution >= 0.6 is 0 Å². The quantitative estimate of drug-likeness (QED) is 0.566. The highest BCUT2D eigenvalue weighted by Crippen LogP contribution is 2.28. The number of halogens is 2. The van der Waals surface area contributed by atoms with Crippen LogP contribution in [-0.4, -0.2) is 45.7 Å². The van der Waals surface area contributed by atoms with Crippen LogP contribution in [0.2, 0.25) is 0 Å². The lowest BCUT2D eigenvalue weighted by atomic mass is 10.1. The van der Waals surface area contributed by atoms with E-state index < -0.39 is 21.8 Å². The van der Waals surface area contributed by atoms with E-state index in [-0.39, 0.29) is 22.0 Å². The van der Waals surface area contributed by atoms with E-state index in [2.05, 4.69) is 9.62 Å². The van der Waals surface area contributed by atoms with Crippen molar-refractivity contribution < 1.29 is 27.1 Å². The van der Waals surface area contributed by atoms with Gasteiger partial charge in [0, 0.05) is 37.6 Å². The highest BCUT2D eigenvalue weighted by atomic mass is 32.2. The summed E-state index contributed by atoms with van der Waals surface area (Å²) in [7, 11) is -4.09. The van der Waals surface area contributed by atoms with Crippen molar-refractivity contribution in [3.05, 3.63) is 83.9 Å². The molecule has 0 bridgehead atoms. The van der Waals surface area contributed by atoms with Gasteiger partial charge in [0.05, 0.1) is 16.1 Å². The van der Waals surface area contributed by atoms with Crippen LogP contribution in [0.25, 0.3) is 0 Å². The number of piperazine rings is 1. The van der Waals surface area contributed by atoms with Crippen LogP contribution in [0.1, 0.15) is 10.4 Å². The van der Waals surface area contributed by atoms with Crippen LogP contribution in [0.4, 0.5) is 25.8 Å². The van der Waals surface area contributed by atoms with E-state index in [4.69, 9.17) is 0 Å². The lowest BCUT2D eigenvalue weighted by Gasteiger charge is -2.38. The highest BCUT2D eigenvalue weighted by Gasteiger charge is 2.23. The van der Waals surface area contributed by atoms with Gasteiger partial charge in [-0.2, -0.15) is 0 Å². The number of hydrogen-bond acceptors (Lipinski definition) is 5. The molecule has 0 amide bonds. The molecule has 10 heteroatoms.